The maximum absolute atomic E-state index is 6.00. The van der Waals surface area contributed by atoms with Gasteiger partial charge in [-0.3, -0.25) is 0 Å². The summed E-state index contributed by atoms with van der Waals surface area (Å²) in [5.41, 5.74) is 1.16. The van der Waals surface area contributed by atoms with Gasteiger partial charge in [0.25, 0.3) is 0 Å². The number of ether oxygens (including phenoxy) is 1. The van der Waals surface area contributed by atoms with E-state index < -0.39 is 0 Å². The van der Waals surface area contributed by atoms with Gasteiger partial charge >= 0.3 is 0 Å². The van der Waals surface area contributed by atoms with Gasteiger partial charge in [0.2, 0.25) is 0 Å². The van der Waals surface area contributed by atoms with Gasteiger partial charge in [-0.05, 0) is 77.1 Å². The predicted octanol–water partition coefficient (Wildman–Crippen LogP) is 3.41. The van der Waals surface area contributed by atoms with E-state index in [9.17, 15) is 0 Å². The molecule has 0 unspecified atom stereocenters. The van der Waals surface area contributed by atoms with Crippen LogP contribution in [0.15, 0.2) is 29.3 Å². The Bertz CT molecular complexity index is 579. The van der Waals surface area contributed by atoms with E-state index in [1.54, 1.807) is 0 Å². The maximum Gasteiger partial charge on any atom is 0.191 e. The first-order chi connectivity index (χ1) is 13.3. The Morgan fingerprint density at radius 3 is 2.74 bits per heavy atom. The van der Waals surface area contributed by atoms with Crippen molar-refractivity contribution in [1.82, 2.24) is 15.5 Å². The molecule has 0 aromatic heterocycles. The number of benzene rings is 1. The molecule has 150 valence electrons. The fourth-order valence-electron chi connectivity index (χ4n) is 3.45. The van der Waals surface area contributed by atoms with Gasteiger partial charge in [0, 0.05) is 18.7 Å². The molecule has 3 rings (SSSR count). The van der Waals surface area contributed by atoms with E-state index >= 15 is 0 Å². The summed E-state index contributed by atoms with van der Waals surface area (Å²) in [5.74, 6) is 2.64. The first-order valence-corrected chi connectivity index (χ1v) is 10.8. The van der Waals surface area contributed by atoms with E-state index in [1.165, 1.54) is 58.2 Å². The molecule has 0 amide bonds. The van der Waals surface area contributed by atoms with Gasteiger partial charge in [-0.15, -0.1) is 0 Å². The highest BCUT2D eigenvalue weighted by Crippen LogP contribution is 2.30. The number of nitrogens with one attached hydrogen (secondary N) is 2. The minimum atomic E-state index is 0.643. The van der Waals surface area contributed by atoms with E-state index in [0.29, 0.717) is 6.54 Å². The van der Waals surface area contributed by atoms with E-state index in [4.69, 9.17) is 9.73 Å². The molecule has 0 radical (unpaired) electrons. The van der Waals surface area contributed by atoms with Crippen molar-refractivity contribution in [2.24, 2.45) is 10.9 Å². The van der Waals surface area contributed by atoms with E-state index in [0.717, 1.165) is 42.9 Å². The van der Waals surface area contributed by atoms with Crippen molar-refractivity contribution in [2.75, 3.05) is 39.3 Å². The van der Waals surface area contributed by atoms with Gasteiger partial charge in [-0.1, -0.05) is 18.2 Å². The molecule has 1 heterocycles. The lowest BCUT2D eigenvalue weighted by Crippen LogP contribution is -2.38. The Hall–Kier alpha value is -1.75. The molecule has 2 fully saturated rings. The lowest BCUT2D eigenvalue weighted by Gasteiger charge is -2.15. The van der Waals surface area contributed by atoms with Gasteiger partial charge in [0.1, 0.15) is 5.75 Å². The molecule has 0 spiro atoms. The van der Waals surface area contributed by atoms with Crippen LogP contribution in [0.25, 0.3) is 0 Å². The van der Waals surface area contributed by atoms with Crippen molar-refractivity contribution < 1.29 is 4.74 Å². The number of guanidine groups is 1. The second kappa shape index (κ2) is 11.2. The van der Waals surface area contributed by atoms with Crippen LogP contribution >= 0.6 is 0 Å². The van der Waals surface area contributed by atoms with Crippen molar-refractivity contribution in [3.63, 3.8) is 0 Å². The summed E-state index contributed by atoms with van der Waals surface area (Å²) < 4.78 is 6.00. The lowest BCUT2D eigenvalue weighted by molar-refractivity contribution is 0.297. The highest BCUT2D eigenvalue weighted by atomic mass is 16.5. The van der Waals surface area contributed by atoms with E-state index in [1.807, 2.05) is 6.07 Å². The Kier molecular flexibility index (Phi) is 8.28. The van der Waals surface area contributed by atoms with Gasteiger partial charge in [-0.2, -0.15) is 0 Å². The number of para-hydroxylation sites is 1. The van der Waals surface area contributed by atoms with Crippen LogP contribution in [-0.4, -0.2) is 50.2 Å². The number of likely N-dealkylation sites (tertiary alicyclic amines) is 1. The zero-order chi connectivity index (χ0) is 18.7. The maximum atomic E-state index is 6.00. The Morgan fingerprint density at radius 2 is 1.96 bits per heavy atom. The quantitative estimate of drug-likeness (QED) is 0.355. The molecule has 0 bridgehead atoms. The number of rotatable bonds is 11. The van der Waals surface area contributed by atoms with Crippen molar-refractivity contribution in [3.8, 4) is 5.75 Å². The first-order valence-electron chi connectivity index (χ1n) is 10.8. The predicted molar refractivity (Wildman–Crippen MR) is 112 cm³/mol. The zero-order valence-corrected chi connectivity index (χ0v) is 16.9. The summed E-state index contributed by atoms with van der Waals surface area (Å²) in [7, 11) is 0. The third-order valence-corrected chi connectivity index (χ3v) is 5.29. The Morgan fingerprint density at radius 1 is 1.15 bits per heavy atom. The summed E-state index contributed by atoms with van der Waals surface area (Å²) in [6, 6.07) is 8.28. The van der Waals surface area contributed by atoms with Gasteiger partial charge in [0.15, 0.2) is 5.96 Å². The fourth-order valence-corrected chi connectivity index (χ4v) is 3.45. The van der Waals surface area contributed by atoms with Crippen molar-refractivity contribution in [2.45, 2.75) is 52.0 Å². The summed E-state index contributed by atoms with van der Waals surface area (Å²) >= 11 is 0. The number of unbranched alkanes of at least 4 members (excludes halogenated alkanes) is 1. The minimum absolute atomic E-state index is 0.643. The second-order valence-corrected chi connectivity index (χ2v) is 7.74. The molecule has 5 heteroatoms. The number of aliphatic imine (C=N–C) groups is 1. The summed E-state index contributed by atoms with van der Waals surface area (Å²) in [5, 5.41) is 6.83. The van der Waals surface area contributed by atoms with Crippen LogP contribution in [0, 0.1) is 5.92 Å². The van der Waals surface area contributed by atoms with E-state index in [2.05, 4.69) is 40.7 Å². The molecular weight excluding hydrogens is 336 g/mol. The van der Waals surface area contributed by atoms with Crippen LogP contribution < -0.4 is 15.4 Å². The van der Waals surface area contributed by atoms with Gasteiger partial charge in [0.05, 0.1) is 13.2 Å². The molecule has 1 saturated carbocycles. The number of hydrogen-bond acceptors (Lipinski definition) is 3. The molecule has 2 N–H and O–H groups in total. The summed E-state index contributed by atoms with van der Waals surface area (Å²) in [6.07, 6.45) is 7.81. The lowest BCUT2D eigenvalue weighted by atomic mass is 10.2. The SMILES string of the molecule is CCNC(=NCc1ccccc1OCC1CC1)NCCCCN1CCCC1. The topological polar surface area (TPSA) is 48.9 Å². The molecule has 0 atom stereocenters. The highest BCUT2D eigenvalue weighted by Gasteiger charge is 2.22. The Labute approximate surface area is 164 Å². The van der Waals surface area contributed by atoms with Gasteiger partial charge < -0.3 is 20.3 Å². The average molecular weight is 373 g/mol. The second-order valence-electron chi connectivity index (χ2n) is 7.74. The smallest absolute Gasteiger partial charge is 0.191 e. The van der Waals surface area contributed by atoms with Crippen LogP contribution in [0.5, 0.6) is 5.75 Å². The molecular formula is C22H36N4O. The zero-order valence-electron chi connectivity index (χ0n) is 16.9. The molecule has 1 aliphatic heterocycles. The largest absolute Gasteiger partial charge is 0.493 e. The third kappa shape index (κ3) is 7.41. The third-order valence-electron chi connectivity index (χ3n) is 5.29. The monoisotopic (exact) mass is 372 g/mol. The molecule has 27 heavy (non-hydrogen) atoms. The molecule has 1 saturated heterocycles. The minimum Gasteiger partial charge on any atom is -0.493 e. The molecule has 1 aromatic rings. The fraction of sp³-hybridized carbons (Fsp3) is 0.682. The summed E-state index contributed by atoms with van der Waals surface area (Å²) in [6.45, 7) is 9.26. The van der Waals surface area contributed by atoms with Crippen LogP contribution in [0.3, 0.4) is 0 Å². The van der Waals surface area contributed by atoms with Crippen LogP contribution in [0.1, 0.15) is 51.0 Å². The Balaban J connectivity index is 1.42. The molecule has 5 nitrogen and oxygen atoms in total. The standard InChI is InChI=1S/C22H36N4O/c1-2-23-22(24-13-5-6-14-26-15-7-8-16-26)25-17-20-9-3-4-10-21(20)27-18-19-11-12-19/h3-4,9-10,19H,2,5-8,11-18H2,1H3,(H2,23,24,25). The average Bonchev–Trinajstić information content (AvgIpc) is 3.38. The van der Waals surface area contributed by atoms with Crippen molar-refractivity contribution >= 4 is 5.96 Å². The molecule has 1 aromatic carbocycles. The van der Waals surface area contributed by atoms with Crippen molar-refractivity contribution in [1.29, 1.82) is 0 Å². The number of hydrogen-bond donors (Lipinski definition) is 2. The summed E-state index contributed by atoms with van der Waals surface area (Å²) in [4.78, 5) is 7.35. The van der Waals surface area contributed by atoms with E-state index in [-0.39, 0.29) is 0 Å². The molecule has 2 aliphatic rings. The van der Waals surface area contributed by atoms with Crippen LogP contribution in [0.2, 0.25) is 0 Å². The van der Waals surface area contributed by atoms with Crippen LogP contribution in [0.4, 0.5) is 0 Å². The first kappa shape index (κ1) is 20.0. The van der Waals surface area contributed by atoms with Crippen LogP contribution in [-0.2, 0) is 6.54 Å². The normalized spacial score (nSPS) is 17.9. The highest BCUT2D eigenvalue weighted by molar-refractivity contribution is 5.79. The number of nitrogens with zero attached hydrogens (tertiary/aromatic N) is 2. The molecule has 1 aliphatic carbocycles. The van der Waals surface area contributed by atoms with Gasteiger partial charge in [-0.25, -0.2) is 4.99 Å². The van der Waals surface area contributed by atoms with Crippen molar-refractivity contribution in [3.05, 3.63) is 29.8 Å².